The van der Waals surface area contributed by atoms with E-state index in [9.17, 15) is 9.18 Å². The van der Waals surface area contributed by atoms with Gasteiger partial charge >= 0.3 is 0 Å². The molecule has 0 saturated heterocycles. The topological polar surface area (TPSA) is 131 Å². The summed E-state index contributed by atoms with van der Waals surface area (Å²) in [6.45, 7) is 2.00. The van der Waals surface area contributed by atoms with Crippen LogP contribution < -0.4 is 22.1 Å². The van der Waals surface area contributed by atoms with Crippen LogP contribution in [0.15, 0.2) is 47.5 Å². The number of carbonyl (C=O) groups is 1. The van der Waals surface area contributed by atoms with Gasteiger partial charge in [0.15, 0.2) is 5.96 Å². The Bertz CT molecular complexity index is 1160. The lowest BCUT2D eigenvalue weighted by molar-refractivity contribution is 0.102. The molecule has 1 aliphatic carbocycles. The molecule has 6 N–H and O–H groups in total. The smallest absolute Gasteiger partial charge is 0.258 e. The molecule has 1 aliphatic rings. The summed E-state index contributed by atoms with van der Waals surface area (Å²) in [5, 5.41) is 7.06. The van der Waals surface area contributed by atoms with Gasteiger partial charge in [-0.25, -0.2) is 14.4 Å². The van der Waals surface area contributed by atoms with Crippen molar-refractivity contribution in [3.63, 3.8) is 0 Å². The van der Waals surface area contributed by atoms with Gasteiger partial charge in [0, 0.05) is 10.9 Å². The van der Waals surface area contributed by atoms with Crippen molar-refractivity contribution in [3.05, 3.63) is 59.4 Å². The van der Waals surface area contributed by atoms with Gasteiger partial charge in [0.2, 0.25) is 5.95 Å². The molecule has 4 rings (SSSR count). The van der Waals surface area contributed by atoms with Crippen molar-refractivity contribution in [2.45, 2.75) is 44.7 Å². The molecule has 0 aliphatic heterocycles. The first-order valence-electron chi connectivity index (χ1n) is 10.6. The molecule has 2 atom stereocenters. The normalized spacial score (nSPS) is 18.2. The third-order valence-corrected chi connectivity index (χ3v) is 5.55. The average molecular weight is 436 g/mol. The van der Waals surface area contributed by atoms with Crippen molar-refractivity contribution >= 4 is 34.5 Å². The van der Waals surface area contributed by atoms with Crippen LogP contribution in [0.3, 0.4) is 0 Å². The third-order valence-electron chi connectivity index (χ3n) is 5.55. The Hall–Kier alpha value is -3.75. The van der Waals surface area contributed by atoms with E-state index in [2.05, 4.69) is 25.6 Å². The molecule has 8 nitrogen and oxygen atoms in total. The van der Waals surface area contributed by atoms with E-state index in [-0.39, 0.29) is 24.0 Å². The molecule has 0 radical (unpaired) electrons. The Balaban J connectivity index is 1.67. The quantitative estimate of drug-likeness (QED) is 0.359. The van der Waals surface area contributed by atoms with E-state index in [1.807, 2.05) is 25.1 Å². The summed E-state index contributed by atoms with van der Waals surface area (Å²) >= 11 is 0. The van der Waals surface area contributed by atoms with Gasteiger partial charge in [0.05, 0.1) is 17.6 Å². The molecule has 1 amide bonds. The lowest BCUT2D eigenvalue weighted by Gasteiger charge is -2.30. The second-order valence-corrected chi connectivity index (χ2v) is 8.03. The fourth-order valence-electron chi connectivity index (χ4n) is 3.98. The lowest BCUT2D eigenvalue weighted by Crippen LogP contribution is -2.38. The number of carbonyl (C=O) groups excluding carboxylic acids is 1. The first-order chi connectivity index (χ1) is 15.4. The number of halogens is 1. The predicted octanol–water partition coefficient (Wildman–Crippen LogP) is 3.33. The monoisotopic (exact) mass is 435 g/mol. The minimum absolute atomic E-state index is 0.00473. The van der Waals surface area contributed by atoms with E-state index >= 15 is 0 Å². The van der Waals surface area contributed by atoms with Crippen LogP contribution in [0.2, 0.25) is 0 Å². The molecule has 1 heterocycles. The van der Waals surface area contributed by atoms with Crippen LogP contribution in [-0.2, 0) is 0 Å². The van der Waals surface area contributed by atoms with Crippen molar-refractivity contribution in [2.24, 2.45) is 16.5 Å². The molecular formula is C23H26FN7O. The van der Waals surface area contributed by atoms with Gasteiger partial charge in [-0.15, -0.1) is 0 Å². The summed E-state index contributed by atoms with van der Waals surface area (Å²) in [6.07, 6.45) is 3.90. The Kier molecular flexibility index (Phi) is 6.16. The van der Waals surface area contributed by atoms with Crippen LogP contribution in [0.1, 0.15) is 41.6 Å². The van der Waals surface area contributed by atoms with Crippen molar-refractivity contribution < 1.29 is 9.18 Å². The number of benzene rings is 2. The zero-order chi connectivity index (χ0) is 22.7. The van der Waals surface area contributed by atoms with Crippen molar-refractivity contribution in [1.29, 1.82) is 0 Å². The lowest BCUT2D eigenvalue weighted by atomic mass is 9.90. The Morgan fingerprint density at radius 1 is 1.09 bits per heavy atom. The molecule has 9 heteroatoms. The number of anilines is 2. The fourth-order valence-corrected chi connectivity index (χ4v) is 3.98. The van der Waals surface area contributed by atoms with Gasteiger partial charge in [-0.2, -0.15) is 4.98 Å². The molecule has 32 heavy (non-hydrogen) atoms. The molecule has 166 valence electrons. The van der Waals surface area contributed by atoms with Crippen molar-refractivity contribution in [1.82, 2.24) is 9.97 Å². The van der Waals surface area contributed by atoms with Gasteiger partial charge in [0.25, 0.3) is 5.91 Å². The number of guanidine groups is 1. The summed E-state index contributed by atoms with van der Waals surface area (Å²) < 4.78 is 13.2. The van der Waals surface area contributed by atoms with E-state index in [0.29, 0.717) is 16.9 Å². The highest BCUT2D eigenvalue weighted by molar-refractivity contribution is 6.04. The number of aryl methyl sites for hydroxylation is 1. The standard InChI is InChI=1S/C23H26FN7O/c1-13-6-11-17-16(12-13)20(27-18-4-2-3-5-19(18)28-22(25)26)30-23(29-17)31-21(32)14-7-9-15(24)10-8-14/h6-12,18-19H,2-5H2,1H3,(H4,25,26,28)(H2,27,29,30,31,32). The summed E-state index contributed by atoms with van der Waals surface area (Å²) in [4.78, 5) is 26.1. The molecule has 3 aromatic rings. The number of amides is 1. The average Bonchev–Trinajstić information content (AvgIpc) is 2.75. The Morgan fingerprint density at radius 2 is 1.84 bits per heavy atom. The largest absolute Gasteiger partial charge is 0.370 e. The number of hydrogen-bond acceptors (Lipinski definition) is 5. The van der Waals surface area contributed by atoms with Gasteiger partial charge in [-0.1, -0.05) is 24.5 Å². The number of rotatable bonds is 5. The first kappa shape index (κ1) is 21.5. The third kappa shape index (κ3) is 4.93. The van der Waals surface area contributed by atoms with Crippen LogP contribution >= 0.6 is 0 Å². The van der Waals surface area contributed by atoms with E-state index in [0.717, 1.165) is 36.6 Å². The maximum absolute atomic E-state index is 13.2. The molecule has 2 aromatic carbocycles. The van der Waals surface area contributed by atoms with Gasteiger partial charge < -0.3 is 16.8 Å². The summed E-state index contributed by atoms with van der Waals surface area (Å²) in [7, 11) is 0. The first-order valence-corrected chi connectivity index (χ1v) is 10.6. The zero-order valence-electron chi connectivity index (χ0n) is 17.8. The number of nitrogens with two attached hydrogens (primary N) is 2. The number of hydrogen-bond donors (Lipinski definition) is 4. The summed E-state index contributed by atoms with van der Waals surface area (Å²) in [5.74, 6) is 0.00847. The van der Waals surface area contributed by atoms with Crippen LogP contribution in [0.4, 0.5) is 16.2 Å². The predicted molar refractivity (Wildman–Crippen MR) is 124 cm³/mol. The van der Waals surface area contributed by atoms with Gasteiger partial charge in [-0.05, 0) is 56.2 Å². The summed E-state index contributed by atoms with van der Waals surface area (Å²) in [5.41, 5.74) is 13.3. The molecule has 1 aromatic heterocycles. The number of nitrogens with zero attached hydrogens (tertiary/aromatic N) is 3. The van der Waals surface area contributed by atoms with Crippen LogP contribution in [-0.4, -0.2) is 33.9 Å². The van der Waals surface area contributed by atoms with E-state index < -0.39 is 11.7 Å². The molecule has 1 saturated carbocycles. The number of aliphatic imine (C=N–C) groups is 1. The zero-order valence-corrected chi connectivity index (χ0v) is 17.8. The van der Waals surface area contributed by atoms with Gasteiger partial charge in [0.1, 0.15) is 11.6 Å². The number of aromatic nitrogens is 2. The number of nitrogens with one attached hydrogen (secondary N) is 2. The SMILES string of the molecule is Cc1ccc2nc(NC(=O)c3ccc(F)cc3)nc(NC3CCCCC3N=C(N)N)c2c1. The van der Waals surface area contributed by atoms with Gasteiger partial charge in [-0.3, -0.25) is 10.1 Å². The summed E-state index contributed by atoms with van der Waals surface area (Å²) in [6, 6.07) is 11.1. The Labute approximate surface area is 185 Å². The van der Waals surface area contributed by atoms with Crippen LogP contribution in [0, 0.1) is 12.7 Å². The molecule has 0 spiro atoms. The number of fused-ring (bicyclic) bond motifs is 1. The second kappa shape index (κ2) is 9.17. The highest BCUT2D eigenvalue weighted by Crippen LogP contribution is 2.29. The maximum atomic E-state index is 13.2. The van der Waals surface area contributed by atoms with E-state index in [1.54, 1.807) is 0 Å². The van der Waals surface area contributed by atoms with E-state index in [1.165, 1.54) is 24.3 Å². The molecule has 0 bridgehead atoms. The highest BCUT2D eigenvalue weighted by Gasteiger charge is 2.26. The highest BCUT2D eigenvalue weighted by atomic mass is 19.1. The van der Waals surface area contributed by atoms with Crippen LogP contribution in [0.25, 0.3) is 10.9 Å². The van der Waals surface area contributed by atoms with Crippen LogP contribution in [0.5, 0.6) is 0 Å². The maximum Gasteiger partial charge on any atom is 0.258 e. The van der Waals surface area contributed by atoms with Crippen molar-refractivity contribution in [3.8, 4) is 0 Å². The second-order valence-electron chi connectivity index (χ2n) is 8.03. The molecular weight excluding hydrogens is 409 g/mol. The molecule has 1 fully saturated rings. The van der Waals surface area contributed by atoms with Crippen molar-refractivity contribution in [2.75, 3.05) is 10.6 Å². The van der Waals surface area contributed by atoms with E-state index in [4.69, 9.17) is 11.5 Å². The minimum atomic E-state index is -0.418. The minimum Gasteiger partial charge on any atom is -0.370 e. The Morgan fingerprint density at radius 3 is 2.59 bits per heavy atom. The molecule has 2 unspecified atom stereocenters. The fraction of sp³-hybridized carbons (Fsp3) is 0.304.